The molecule has 1 rings (SSSR count). The summed E-state index contributed by atoms with van der Waals surface area (Å²) in [5.74, 6) is -0.220. The molecule has 0 aliphatic carbocycles. The van der Waals surface area contributed by atoms with Crippen LogP contribution in [0, 0.1) is 5.92 Å². The molecule has 0 fully saturated rings. The quantitative estimate of drug-likeness (QED) is 0.816. The van der Waals surface area contributed by atoms with Gasteiger partial charge in [-0.15, -0.1) is 11.6 Å². The minimum absolute atomic E-state index is 0.0939. The Morgan fingerprint density at radius 2 is 1.74 bits per heavy atom. The van der Waals surface area contributed by atoms with Crippen LogP contribution in [0.25, 0.3) is 0 Å². The molecular formula is C14H19ClN2O2. The van der Waals surface area contributed by atoms with Gasteiger partial charge >= 0.3 is 0 Å². The normalized spacial score (nSPS) is 12.1. The molecule has 0 aliphatic rings. The van der Waals surface area contributed by atoms with Gasteiger partial charge < -0.3 is 10.6 Å². The molecule has 1 atom stereocenters. The van der Waals surface area contributed by atoms with Gasteiger partial charge in [-0.05, 0) is 38.1 Å². The highest BCUT2D eigenvalue weighted by atomic mass is 35.5. The van der Waals surface area contributed by atoms with E-state index in [4.69, 9.17) is 11.6 Å². The number of carbonyl (C=O) groups is 2. The van der Waals surface area contributed by atoms with Crippen molar-refractivity contribution in [2.24, 2.45) is 5.92 Å². The molecule has 0 spiro atoms. The van der Waals surface area contributed by atoms with E-state index in [1.54, 1.807) is 31.2 Å². The van der Waals surface area contributed by atoms with E-state index in [2.05, 4.69) is 10.6 Å². The average molecular weight is 283 g/mol. The van der Waals surface area contributed by atoms with Crippen LogP contribution in [0.2, 0.25) is 0 Å². The first kappa shape index (κ1) is 15.5. The van der Waals surface area contributed by atoms with Crippen molar-refractivity contribution in [2.45, 2.75) is 26.8 Å². The highest BCUT2D eigenvalue weighted by Crippen LogP contribution is 2.11. The average Bonchev–Trinajstić information content (AvgIpc) is 2.37. The molecule has 1 aromatic rings. The SMILES string of the molecule is CC(C)NC(=O)c1ccc(NC(=O)C(C)CCl)cc1. The molecule has 104 valence electrons. The fraction of sp³-hybridized carbons (Fsp3) is 0.429. The van der Waals surface area contributed by atoms with E-state index < -0.39 is 0 Å². The zero-order chi connectivity index (χ0) is 14.4. The van der Waals surface area contributed by atoms with E-state index in [1.807, 2.05) is 13.8 Å². The van der Waals surface area contributed by atoms with Gasteiger partial charge in [-0.1, -0.05) is 6.92 Å². The Balaban J connectivity index is 2.66. The predicted molar refractivity (Wildman–Crippen MR) is 77.6 cm³/mol. The summed E-state index contributed by atoms with van der Waals surface area (Å²) >= 11 is 5.61. The Morgan fingerprint density at radius 1 is 1.16 bits per heavy atom. The van der Waals surface area contributed by atoms with Gasteiger partial charge in [0.2, 0.25) is 5.91 Å². The lowest BCUT2D eigenvalue weighted by molar-refractivity contribution is -0.118. The van der Waals surface area contributed by atoms with Crippen molar-refractivity contribution in [1.29, 1.82) is 0 Å². The lowest BCUT2D eigenvalue weighted by Gasteiger charge is -2.11. The van der Waals surface area contributed by atoms with Crippen molar-refractivity contribution >= 4 is 29.1 Å². The number of amides is 2. The van der Waals surface area contributed by atoms with Crippen LogP contribution in [-0.2, 0) is 4.79 Å². The molecule has 0 radical (unpaired) electrons. The zero-order valence-electron chi connectivity index (χ0n) is 11.4. The number of alkyl halides is 1. The molecule has 0 aliphatic heterocycles. The van der Waals surface area contributed by atoms with Gasteiger partial charge in [0.15, 0.2) is 0 Å². The number of halogens is 1. The van der Waals surface area contributed by atoms with Crippen LogP contribution in [-0.4, -0.2) is 23.7 Å². The maximum absolute atomic E-state index is 11.7. The largest absolute Gasteiger partial charge is 0.350 e. The molecule has 19 heavy (non-hydrogen) atoms. The third-order valence-electron chi connectivity index (χ3n) is 2.51. The second-order valence-electron chi connectivity index (χ2n) is 4.75. The molecule has 2 N–H and O–H groups in total. The van der Waals surface area contributed by atoms with E-state index >= 15 is 0 Å². The van der Waals surface area contributed by atoms with Gasteiger partial charge in [-0.3, -0.25) is 9.59 Å². The summed E-state index contributed by atoms with van der Waals surface area (Å²) in [5, 5.41) is 5.55. The zero-order valence-corrected chi connectivity index (χ0v) is 12.1. The summed E-state index contributed by atoms with van der Waals surface area (Å²) in [4.78, 5) is 23.4. The third-order valence-corrected chi connectivity index (χ3v) is 2.98. The highest BCUT2D eigenvalue weighted by molar-refractivity contribution is 6.19. The van der Waals surface area contributed by atoms with Gasteiger partial charge in [-0.25, -0.2) is 0 Å². The summed E-state index contributed by atoms with van der Waals surface area (Å²) < 4.78 is 0. The minimum Gasteiger partial charge on any atom is -0.350 e. The topological polar surface area (TPSA) is 58.2 Å². The number of nitrogens with one attached hydrogen (secondary N) is 2. The second kappa shape index (κ2) is 7.14. The van der Waals surface area contributed by atoms with Crippen LogP contribution < -0.4 is 10.6 Å². The lowest BCUT2D eigenvalue weighted by atomic mass is 10.1. The Morgan fingerprint density at radius 3 is 2.21 bits per heavy atom. The summed E-state index contributed by atoms with van der Waals surface area (Å²) in [6.07, 6.45) is 0. The second-order valence-corrected chi connectivity index (χ2v) is 5.06. The molecule has 0 heterocycles. The fourth-order valence-corrected chi connectivity index (χ4v) is 1.53. The number of rotatable bonds is 5. The molecule has 1 unspecified atom stereocenters. The van der Waals surface area contributed by atoms with Crippen LogP contribution in [0.5, 0.6) is 0 Å². The van der Waals surface area contributed by atoms with E-state index in [9.17, 15) is 9.59 Å². The summed E-state index contributed by atoms with van der Waals surface area (Å²) in [6.45, 7) is 5.56. The Bertz CT molecular complexity index is 443. The Labute approximate surface area is 118 Å². The monoisotopic (exact) mass is 282 g/mol. The van der Waals surface area contributed by atoms with E-state index in [0.717, 1.165) is 0 Å². The molecule has 0 aromatic heterocycles. The van der Waals surface area contributed by atoms with E-state index in [-0.39, 0.29) is 29.7 Å². The Kier molecular flexibility index (Phi) is 5.83. The van der Waals surface area contributed by atoms with Crippen LogP contribution in [0.1, 0.15) is 31.1 Å². The number of anilines is 1. The van der Waals surface area contributed by atoms with E-state index in [1.165, 1.54) is 0 Å². The third kappa shape index (κ3) is 4.91. The smallest absolute Gasteiger partial charge is 0.251 e. The first-order valence-corrected chi connectivity index (χ1v) is 6.75. The van der Waals surface area contributed by atoms with Crippen LogP contribution in [0.4, 0.5) is 5.69 Å². The molecule has 0 bridgehead atoms. The van der Waals surface area contributed by atoms with Gasteiger partial charge in [-0.2, -0.15) is 0 Å². The molecular weight excluding hydrogens is 264 g/mol. The van der Waals surface area contributed by atoms with Gasteiger partial charge in [0, 0.05) is 29.1 Å². The standard InChI is InChI=1S/C14H19ClN2O2/c1-9(2)16-14(19)11-4-6-12(7-5-11)17-13(18)10(3)8-15/h4-7,9-10H,8H2,1-3H3,(H,16,19)(H,17,18). The van der Waals surface area contributed by atoms with Crippen LogP contribution in [0.15, 0.2) is 24.3 Å². The molecule has 2 amide bonds. The number of benzene rings is 1. The summed E-state index contributed by atoms with van der Waals surface area (Å²) in [7, 11) is 0. The van der Waals surface area contributed by atoms with Gasteiger partial charge in [0.25, 0.3) is 5.91 Å². The van der Waals surface area contributed by atoms with Gasteiger partial charge in [0.1, 0.15) is 0 Å². The predicted octanol–water partition coefficient (Wildman–Crippen LogP) is 2.64. The van der Waals surface area contributed by atoms with Crippen molar-refractivity contribution < 1.29 is 9.59 Å². The van der Waals surface area contributed by atoms with Crippen molar-refractivity contribution in [3.63, 3.8) is 0 Å². The fourth-order valence-electron chi connectivity index (χ4n) is 1.39. The molecule has 4 nitrogen and oxygen atoms in total. The molecule has 0 saturated carbocycles. The van der Waals surface area contributed by atoms with E-state index in [0.29, 0.717) is 11.3 Å². The molecule has 5 heteroatoms. The van der Waals surface area contributed by atoms with Crippen molar-refractivity contribution in [1.82, 2.24) is 5.32 Å². The number of carbonyl (C=O) groups excluding carboxylic acids is 2. The van der Waals surface area contributed by atoms with Crippen LogP contribution >= 0.6 is 11.6 Å². The minimum atomic E-state index is -0.245. The molecule has 0 saturated heterocycles. The summed E-state index contributed by atoms with van der Waals surface area (Å²) in [6, 6.07) is 6.86. The van der Waals surface area contributed by atoms with Crippen LogP contribution in [0.3, 0.4) is 0 Å². The van der Waals surface area contributed by atoms with Crippen molar-refractivity contribution in [3.05, 3.63) is 29.8 Å². The number of hydrogen-bond donors (Lipinski definition) is 2. The lowest BCUT2D eigenvalue weighted by Crippen LogP contribution is -2.30. The maximum Gasteiger partial charge on any atom is 0.251 e. The first-order chi connectivity index (χ1) is 8.93. The maximum atomic E-state index is 11.7. The highest BCUT2D eigenvalue weighted by Gasteiger charge is 2.12. The molecule has 1 aromatic carbocycles. The first-order valence-electron chi connectivity index (χ1n) is 6.21. The summed E-state index contributed by atoms with van der Waals surface area (Å²) in [5.41, 5.74) is 1.22. The van der Waals surface area contributed by atoms with Crippen molar-refractivity contribution in [2.75, 3.05) is 11.2 Å². The van der Waals surface area contributed by atoms with Gasteiger partial charge in [0.05, 0.1) is 0 Å². The Hall–Kier alpha value is -1.55. The van der Waals surface area contributed by atoms with Crippen molar-refractivity contribution in [3.8, 4) is 0 Å². The number of hydrogen-bond acceptors (Lipinski definition) is 2.